The molecule has 2 aromatic heterocycles. The van der Waals surface area contributed by atoms with Crippen LogP contribution in [0.25, 0.3) is 5.69 Å². The number of benzene rings is 1. The van der Waals surface area contributed by atoms with Crippen LogP contribution in [0.4, 0.5) is 4.39 Å². The standard InChI is InChI=1S/C19H22FN5O/c1-13(2)18-22-19(26-23-18)17-7-4-8-24(17)11-14-10-21-25(12-14)16-6-3-5-15(20)9-16/h3,5-6,9-10,12-13,17H,4,7-8,11H2,1-2H3/t17-/m1/s1. The van der Waals surface area contributed by atoms with Crippen LogP contribution in [0.3, 0.4) is 0 Å². The molecule has 0 bridgehead atoms. The quantitative estimate of drug-likeness (QED) is 0.696. The number of likely N-dealkylation sites (tertiary alicyclic amines) is 1. The molecule has 0 amide bonds. The monoisotopic (exact) mass is 355 g/mol. The Balaban J connectivity index is 1.49. The highest BCUT2D eigenvalue weighted by Gasteiger charge is 2.31. The Kier molecular flexibility index (Phi) is 4.55. The third-order valence-electron chi connectivity index (χ3n) is 4.72. The van der Waals surface area contributed by atoms with Crippen LogP contribution in [0.5, 0.6) is 0 Å². The van der Waals surface area contributed by atoms with Gasteiger partial charge in [-0.2, -0.15) is 10.1 Å². The molecule has 1 aliphatic rings. The van der Waals surface area contributed by atoms with Crippen molar-refractivity contribution >= 4 is 0 Å². The van der Waals surface area contributed by atoms with Gasteiger partial charge in [-0.05, 0) is 37.6 Å². The minimum atomic E-state index is -0.267. The Bertz CT molecular complexity index is 887. The highest BCUT2D eigenvalue weighted by Crippen LogP contribution is 2.32. The molecule has 1 atom stereocenters. The average Bonchev–Trinajstić information content (AvgIpc) is 3.35. The molecule has 26 heavy (non-hydrogen) atoms. The van der Waals surface area contributed by atoms with Crippen LogP contribution in [0.1, 0.15) is 55.9 Å². The van der Waals surface area contributed by atoms with Gasteiger partial charge in [-0.1, -0.05) is 25.1 Å². The van der Waals surface area contributed by atoms with E-state index >= 15 is 0 Å². The van der Waals surface area contributed by atoms with Crippen molar-refractivity contribution in [3.63, 3.8) is 0 Å². The number of hydrogen-bond donors (Lipinski definition) is 0. The molecule has 3 aromatic rings. The van der Waals surface area contributed by atoms with E-state index in [1.54, 1.807) is 10.7 Å². The van der Waals surface area contributed by atoms with Crippen molar-refractivity contribution in [1.82, 2.24) is 24.8 Å². The summed E-state index contributed by atoms with van der Waals surface area (Å²) in [7, 11) is 0. The van der Waals surface area contributed by atoms with Crippen molar-refractivity contribution in [1.29, 1.82) is 0 Å². The minimum Gasteiger partial charge on any atom is -0.338 e. The van der Waals surface area contributed by atoms with Crippen molar-refractivity contribution in [2.45, 2.75) is 45.2 Å². The average molecular weight is 355 g/mol. The van der Waals surface area contributed by atoms with Crippen LogP contribution in [0.15, 0.2) is 41.2 Å². The molecule has 3 heterocycles. The minimum absolute atomic E-state index is 0.146. The van der Waals surface area contributed by atoms with Gasteiger partial charge in [0.15, 0.2) is 5.82 Å². The molecule has 0 spiro atoms. The number of aromatic nitrogens is 4. The molecule has 6 nitrogen and oxygen atoms in total. The second-order valence-electron chi connectivity index (χ2n) is 7.05. The zero-order chi connectivity index (χ0) is 18.1. The van der Waals surface area contributed by atoms with Crippen molar-refractivity contribution in [2.75, 3.05) is 6.54 Å². The molecule has 0 radical (unpaired) electrons. The first-order valence-electron chi connectivity index (χ1n) is 8.97. The maximum Gasteiger partial charge on any atom is 0.244 e. The summed E-state index contributed by atoms with van der Waals surface area (Å²) < 4.78 is 20.6. The number of nitrogens with zero attached hydrogens (tertiary/aromatic N) is 5. The zero-order valence-corrected chi connectivity index (χ0v) is 15.0. The van der Waals surface area contributed by atoms with E-state index < -0.39 is 0 Å². The van der Waals surface area contributed by atoms with Crippen LogP contribution >= 0.6 is 0 Å². The lowest BCUT2D eigenvalue weighted by molar-refractivity contribution is 0.201. The molecule has 0 unspecified atom stereocenters. The molecule has 0 N–H and O–H groups in total. The van der Waals surface area contributed by atoms with Crippen LogP contribution in [0.2, 0.25) is 0 Å². The summed E-state index contributed by atoms with van der Waals surface area (Å²) in [4.78, 5) is 6.90. The Morgan fingerprint density at radius 1 is 1.35 bits per heavy atom. The van der Waals surface area contributed by atoms with E-state index in [1.807, 2.05) is 18.5 Å². The van der Waals surface area contributed by atoms with Gasteiger partial charge in [-0.25, -0.2) is 9.07 Å². The fourth-order valence-electron chi connectivity index (χ4n) is 3.35. The van der Waals surface area contributed by atoms with Gasteiger partial charge in [-0.15, -0.1) is 0 Å². The largest absolute Gasteiger partial charge is 0.338 e. The SMILES string of the molecule is CC(C)c1noc([C@H]2CCCN2Cc2cnn(-c3cccc(F)c3)c2)n1. The van der Waals surface area contributed by atoms with E-state index in [0.717, 1.165) is 37.3 Å². The Morgan fingerprint density at radius 3 is 3.00 bits per heavy atom. The first-order chi connectivity index (χ1) is 12.6. The maximum absolute atomic E-state index is 13.4. The molecular weight excluding hydrogens is 333 g/mol. The van der Waals surface area contributed by atoms with E-state index in [1.165, 1.54) is 12.1 Å². The van der Waals surface area contributed by atoms with Crippen LogP contribution in [-0.2, 0) is 6.54 Å². The first-order valence-corrected chi connectivity index (χ1v) is 8.97. The summed E-state index contributed by atoms with van der Waals surface area (Å²) in [6, 6.07) is 6.57. The summed E-state index contributed by atoms with van der Waals surface area (Å²) in [5.41, 5.74) is 1.79. The number of rotatable bonds is 5. The lowest BCUT2D eigenvalue weighted by atomic mass is 10.2. The molecule has 7 heteroatoms. The second kappa shape index (κ2) is 6.99. The predicted octanol–water partition coefficient (Wildman–Crippen LogP) is 3.85. The van der Waals surface area contributed by atoms with Gasteiger partial charge in [0.25, 0.3) is 0 Å². The summed E-state index contributed by atoms with van der Waals surface area (Å²) in [5.74, 6) is 1.44. The third kappa shape index (κ3) is 3.39. The molecule has 0 aliphatic carbocycles. The third-order valence-corrected chi connectivity index (χ3v) is 4.72. The van der Waals surface area contributed by atoms with Gasteiger partial charge in [0.2, 0.25) is 5.89 Å². The van der Waals surface area contributed by atoms with E-state index in [0.29, 0.717) is 11.6 Å². The Morgan fingerprint density at radius 2 is 2.23 bits per heavy atom. The van der Waals surface area contributed by atoms with Gasteiger partial charge in [0, 0.05) is 24.2 Å². The molecule has 1 aliphatic heterocycles. The highest BCUT2D eigenvalue weighted by molar-refractivity contribution is 5.31. The Hall–Kier alpha value is -2.54. The van der Waals surface area contributed by atoms with E-state index in [4.69, 9.17) is 4.52 Å². The smallest absolute Gasteiger partial charge is 0.244 e. The van der Waals surface area contributed by atoms with Gasteiger partial charge in [-0.3, -0.25) is 4.90 Å². The summed E-state index contributed by atoms with van der Waals surface area (Å²) >= 11 is 0. The van der Waals surface area contributed by atoms with E-state index in [-0.39, 0.29) is 17.8 Å². The lowest BCUT2D eigenvalue weighted by Crippen LogP contribution is -2.22. The van der Waals surface area contributed by atoms with Crippen molar-refractivity contribution in [3.05, 3.63) is 59.8 Å². The first kappa shape index (κ1) is 16.9. The molecule has 4 rings (SSSR count). The van der Waals surface area contributed by atoms with Gasteiger partial charge in [0.1, 0.15) is 5.82 Å². The summed E-state index contributed by atoms with van der Waals surface area (Å²) in [5, 5.41) is 8.46. The van der Waals surface area contributed by atoms with Gasteiger partial charge < -0.3 is 4.52 Å². The molecule has 1 saturated heterocycles. The summed E-state index contributed by atoms with van der Waals surface area (Å²) in [6.07, 6.45) is 5.88. The second-order valence-corrected chi connectivity index (χ2v) is 7.05. The maximum atomic E-state index is 13.4. The van der Waals surface area contributed by atoms with Crippen molar-refractivity contribution in [3.8, 4) is 5.69 Å². The molecule has 136 valence electrons. The van der Waals surface area contributed by atoms with E-state index in [9.17, 15) is 4.39 Å². The fourth-order valence-corrected chi connectivity index (χ4v) is 3.35. The topological polar surface area (TPSA) is 60.0 Å². The summed E-state index contributed by atoms with van der Waals surface area (Å²) in [6.45, 7) is 5.85. The van der Waals surface area contributed by atoms with Crippen LogP contribution in [0, 0.1) is 5.82 Å². The zero-order valence-electron chi connectivity index (χ0n) is 15.0. The van der Waals surface area contributed by atoms with Crippen molar-refractivity contribution in [2.24, 2.45) is 0 Å². The number of halogens is 1. The molecule has 1 aromatic carbocycles. The van der Waals surface area contributed by atoms with Crippen molar-refractivity contribution < 1.29 is 8.91 Å². The van der Waals surface area contributed by atoms with Crippen LogP contribution < -0.4 is 0 Å². The van der Waals surface area contributed by atoms with E-state index in [2.05, 4.69) is 34.0 Å². The molecular formula is C19H22FN5O. The molecule has 1 fully saturated rings. The fraction of sp³-hybridized carbons (Fsp3) is 0.421. The lowest BCUT2D eigenvalue weighted by Gasteiger charge is -2.20. The normalized spacial score (nSPS) is 18.1. The Labute approximate surface area is 151 Å². The highest BCUT2D eigenvalue weighted by atomic mass is 19.1. The molecule has 0 saturated carbocycles. The van der Waals surface area contributed by atoms with Gasteiger partial charge in [0.05, 0.1) is 17.9 Å². The van der Waals surface area contributed by atoms with Gasteiger partial charge >= 0.3 is 0 Å². The number of hydrogen-bond acceptors (Lipinski definition) is 5. The van der Waals surface area contributed by atoms with Crippen LogP contribution in [-0.4, -0.2) is 31.4 Å². The predicted molar refractivity (Wildman–Crippen MR) is 94.3 cm³/mol.